The molecule has 0 bridgehead atoms. The standard InChI is InChI=1S/C13H16ClN5O/c1-2-10(9-15)18-5-7-19(8-6-18)13(20)11-3-4-12(14)17-16-11/h3-4,10H,2,5-8H2,1H3. The molecular weight excluding hydrogens is 278 g/mol. The van der Waals surface area contributed by atoms with E-state index in [2.05, 4.69) is 21.2 Å². The van der Waals surface area contributed by atoms with Crippen LogP contribution in [0.25, 0.3) is 0 Å². The van der Waals surface area contributed by atoms with Gasteiger partial charge in [0.1, 0.15) is 0 Å². The average molecular weight is 294 g/mol. The number of nitriles is 1. The highest BCUT2D eigenvalue weighted by molar-refractivity contribution is 6.29. The minimum atomic E-state index is -0.140. The molecule has 0 N–H and O–H groups in total. The fourth-order valence-corrected chi connectivity index (χ4v) is 2.36. The Morgan fingerprint density at radius 2 is 2.10 bits per heavy atom. The highest BCUT2D eigenvalue weighted by atomic mass is 35.5. The molecule has 1 aliphatic heterocycles. The molecule has 2 rings (SSSR count). The van der Waals surface area contributed by atoms with Crippen molar-refractivity contribution in [1.29, 1.82) is 5.26 Å². The maximum Gasteiger partial charge on any atom is 0.274 e. The van der Waals surface area contributed by atoms with E-state index in [0.29, 0.717) is 31.9 Å². The minimum absolute atomic E-state index is 0.0671. The third-order valence-electron chi connectivity index (χ3n) is 3.43. The second-order valence-electron chi connectivity index (χ2n) is 4.62. The number of amides is 1. The average Bonchev–Trinajstić information content (AvgIpc) is 2.49. The molecule has 7 heteroatoms. The summed E-state index contributed by atoms with van der Waals surface area (Å²) in [6.07, 6.45) is 0.799. The Kier molecular flexibility index (Phi) is 4.88. The lowest BCUT2D eigenvalue weighted by Crippen LogP contribution is -2.51. The zero-order valence-corrected chi connectivity index (χ0v) is 12.0. The van der Waals surface area contributed by atoms with Gasteiger partial charge >= 0.3 is 0 Å². The molecule has 0 saturated carbocycles. The summed E-state index contributed by atoms with van der Waals surface area (Å²) >= 11 is 5.65. The summed E-state index contributed by atoms with van der Waals surface area (Å²) in [5.74, 6) is -0.140. The summed E-state index contributed by atoms with van der Waals surface area (Å²) in [6.45, 7) is 4.61. The third-order valence-corrected chi connectivity index (χ3v) is 3.63. The fraction of sp³-hybridized carbons (Fsp3) is 0.538. The van der Waals surface area contributed by atoms with Crippen molar-refractivity contribution in [1.82, 2.24) is 20.0 Å². The van der Waals surface area contributed by atoms with Crippen LogP contribution in [-0.4, -0.2) is 58.1 Å². The quantitative estimate of drug-likeness (QED) is 0.837. The Bertz CT molecular complexity index is 504. The number of carbonyl (C=O) groups is 1. The summed E-state index contributed by atoms with van der Waals surface area (Å²) in [7, 11) is 0. The molecule has 2 heterocycles. The molecule has 1 amide bonds. The van der Waals surface area contributed by atoms with Gasteiger partial charge in [-0.2, -0.15) is 5.26 Å². The number of hydrogen-bond acceptors (Lipinski definition) is 5. The van der Waals surface area contributed by atoms with Crippen molar-refractivity contribution in [3.05, 3.63) is 23.0 Å². The lowest BCUT2D eigenvalue weighted by Gasteiger charge is -2.36. The summed E-state index contributed by atoms with van der Waals surface area (Å²) < 4.78 is 0. The van der Waals surface area contributed by atoms with Gasteiger partial charge in [0.25, 0.3) is 5.91 Å². The van der Waals surface area contributed by atoms with Crippen LogP contribution in [0.5, 0.6) is 0 Å². The highest BCUT2D eigenvalue weighted by Gasteiger charge is 2.26. The maximum absolute atomic E-state index is 12.2. The molecule has 0 spiro atoms. The van der Waals surface area contributed by atoms with E-state index in [4.69, 9.17) is 16.9 Å². The first-order chi connectivity index (χ1) is 9.65. The van der Waals surface area contributed by atoms with Gasteiger partial charge < -0.3 is 4.90 Å². The predicted molar refractivity (Wildman–Crippen MR) is 74.2 cm³/mol. The number of rotatable bonds is 3. The van der Waals surface area contributed by atoms with Gasteiger partial charge in [0.05, 0.1) is 12.1 Å². The summed E-state index contributed by atoms with van der Waals surface area (Å²) in [5.41, 5.74) is 0.301. The zero-order chi connectivity index (χ0) is 14.5. The number of aromatic nitrogens is 2. The monoisotopic (exact) mass is 293 g/mol. The van der Waals surface area contributed by atoms with Crippen LogP contribution in [0.15, 0.2) is 12.1 Å². The van der Waals surface area contributed by atoms with Crippen molar-refractivity contribution >= 4 is 17.5 Å². The van der Waals surface area contributed by atoms with E-state index < -0.39 is 0 Å². The molecule has 20 heavy (non-hydrogen) atoms. The fourth-order valence-electron chi connectivity index (χ4n) is 2.26. The molecule has 1 fully saturated rings. The van der Waals surface area contributed by atoms with Gasteiger partial charge in [-0.25, -0.2) is 0 Å². The number of piperazine rings is 1. The second kappa shape index (κ2) is 6.64. The van der Waals surface area contributed by atoms with Crippen LogP contribution >= 0.6 is 11.6 Å². The topological polar surface area (TPSA) is 73.1 Å². The summed E-state index contributed by atoms with van der Waals surface area (Å²) in [6, 6.07) is 5.36. The van der Waals surface area contributed by atoms with E-state index >= 15 is 0 Å². The van der Waals surface area contributed by atoms with Crippen LogP contribution in [0.4, 0.5) is 0 Å². The Morgan fingerprint density at radius 3 is 2.60 bits per heavy atom. The van der Waals surface area contributed by atoms with Gasteiger partial charge in [-0.15, -0.1) is 10.2 Å². The third kappa shape index (κ3) is 3.24. The van der Waals surface area contributed by atoms with Crippen molar-refractivity contribution in [2.24, 2.45) is 0 Å². The number of halogens is 1. The predicted octanol–water partition coefficient (Wildman–Crippen LogP) is 1.19. The number of nitrogens with zero attached hydrogens (tertiary/aromatic N) is 5. The summed E-state index contributed by atoms with van der Waals surface area (Å²) in [4.78, 5) is 16.1. The van der Waals surface area contributed by atoms with E-state index in [0.717, 1.165) is 6.42 Å². The van der Waals surface area contributed by atoms with Crippen molar-refractivity contribution < 1.29 is 4.79 Å². The van der Waals surface area contributed by atoms with Crippen molar-refractivity contribution in [2.75, 3.05) is 26.2 Å². The van der Waals surface area contributed by atoms with Crippen LogP contribution in [0, 0.1) is 11.3 Å². The van der Waals surface area contributed by atoms with Crippen LogP contribution in [0.2, 0.25) is 5.15 Å². The molecule has 1 aliphatic rings. The normalized spacial score (nSPS) is 17.6. The van der Waals surface area contributed by atoms with E-state index in [9.17, 15) is 4.79 Å². The molecule has 0 aromatic carbocycles. The van der Waals surface area contributed by atoms with Gasteiger partial charge in [-0.1, -0.05) is 18.5 Å². The van der Waals surface area contributed by atoms with Gasteiger partial charge in [0.15, 0.2) is 10.8 Å². The van der Waals surface area contributed by atoms with Crippen molar-refractivity contribution in [2.45, 2.75) is 19.4 Å². The zero-order valence-electron chi connectivity index (χ0n) is 11.3. The molecule has 106 valence electrons. The molecule has 1 atom stereocenters. The van der Waals surface area contributed by atoms with Crippen LogP contribution < -0.4 is 0 Å². The molecule has 6 nitrogen and oxygen atoms in total. The Balaban J connectivity index is 1.95. The SMILES string of the molecule is CCC(C#N)N1CCN(C(=O)c2ccc(Cl)nn2)CC1. The Labute approximate surface area is 122 Å². The summed E-state index contributed by atoms with van der Waals surface area (Å²) in [5, 5.41) is 16.8. The first kappa shape index (κ1) is 14.7. The first-order valence-corrected chi connectivity index (χ1v) is 6.95. The van der Waals surface area contributed by atoms with E-state index in [1.165, 1.54) is 0 Å². The molecule has 0 radical (unpaired) electrons. The van der Waals surface area contributed by atoms with Gasteiger partial charge in [-0.05, 0) is 18.6 Å². The smallest absolute Gasteiger partial charge is 0.274 e. The lowest BCUT2D eigenvalue weighted by atomic mass is 10.1. The molecular formula is C13H16ClN5O. The van der Waals surface area contributed by atoms with Gasteiger partial charge in [-0.3, -0.25) is 9.69 Å². The minimum Gasteiger partial charge on any atom is -0.335 e. The first-order valence-electron chi connectivity index (χ1n) is 6.58. The van der Waals surface area contributed by atoms with E-state index in [1.807, 2.05) is 6.92 Å². The molecule has 0 aliphatic carbocycles. The van der Waals surface area contributed by atoms with E-state index in [1.54, 1.807) is 17.0 Å². The Morgan fingerprint density at radius 1 is 1.40 bits per heavy atom. The molecule has 1 unspecified atom stereocenters. The maximum atomic E-state index is 12.2. The van der Waals surface area contributed by atoms with Gasteiger partial charge in [0.2, 0.25) is 0 Å². The van der Waals surface area contributed by atoms with Gasteiger partial charge in [0, 0.05) is 26.2 Å². The number of carbonyl (C=O) groups excluding carboxylic acids is 1. The van der Waals surface area contributed by atoms with Crippen LogP contribution in [-0.2, 0) is 0 Å². The van der Waals surface area contributed by atoms with Crippen LogP contribution in [0.3, 0.4) is 0 Å². The van der Waals surface area contributed by atoms with Crippen molar-refractivity contribution in [3.63, 3.8) is 0 Å². The number of hydrogen-bond donors (Lipinski definition) is 0. The lowest BCUT2D eigenvalue weighted by molar-refractivity contribution is 0.0598. The largest absolute Gasteiger partial charge is 0.335 e. The molecule has 1 saturated heterocycles. The molecule has 1 aromatic heterocycles. The van der Waals surface area contributed by atoms with E-state index in [-0.39, 0.29) is 17.1 Å². The second-order valence-corrected chi connectivity index (χ2v) is 5.01. The van der Waals surface area contributed by atoms with Crippen molar-refractivity contribution in [3.8, 4) is 6.07 Å². The highest BCUT2D eigenvalue weighted by Crippen LogP contribution is 2.11. The van der Waals surface area contributed by atoms with Crippen LogP contribution in [0.1, 0.15) is 23.8 Å². The Hall–Kier alpha value is -1.71. The molecule has 1 aromatic rings.